The molecule has 0 fully saturated rings. The van der Waals surface area contributed by atoms with Crippen LogP contribution in [0.1, 0.15) is 19.4 Å². The van der Waals surface area contributed by atoms with Gasteiger partial charge in [0, 0.05) is 12.6 Å². The van der Waals surface area contributed by atoms with E-state index in [2.05, 4.69) is 0 Å². The molecule has 0 radical (unpaired) electrons. The van der Waals surface area contributed by atoms with E-state index >= 15 is 0 Å². The van der Waals surface area contributed by atoms with Gasteiger partial charge in [-0.05, 0) is 49.7 Å². The molecule has 1 heterocycles. The monoisotopic (exact) mass is 282 g/mol. The SMILES string of the molecule is CC(C)Oc1ccc(-c2ccc(CC#N)c(=O)n2C)cc1. The lowest BCUT2D eigenvalue weighted by Crippen LogP contribution is -2.21. The minimum atomic E-state index is -0.128. The highest BCUT2D eigenvalue weighted by Gasteiger charge is 2.08. The Morgan fingerprint density at radius 3 is 2.43 bits per heavy atom. The third-order valence-corrected chi connectivity index (χ3v) is 3.17. The zero-order valence-electron chi connectivity index (χ0n) is 12.5. The zero-order chi connectivity index (χ0) is 15.4. The summed E-state index contributed by atoms with van der Waals surface area (Å²) in [6.07, 6.45) is 0.263. The molecule has 0 atom stereocenters. The number of hydrogen-bond acceptors (Lipinski definition) is 3. The van der Waals surface area contributed by atoms with Gasteiger partial charge in [-0.3, -0.25) is 4.79 Å². The van der Waals surface area contributed by atoms with Crippen LogP contribution in [0.2, 0.25) is 0 Å². The van der Waals surface area contributed by atoms with Crippen LogP contribution in [0.3, 0.4) is 0 Å². The summed E-state index contributed by atoms with van der Waals surface area (Å²) in [6, 6.07) is 13.2. The lowest BCUT2D eigenvalue weighted by molar-refractivity contribution is 0.242. The number of pyridine rings is 1. The quantitative estimate of drug-likeness (QED) is 0.866. The molecule has 1 aromatic heterocycles. The highest BCUT2D eigenvalue weighted by molar-refractivity contribution is 5.60. The van der Waals surface area contributed by atoms with Crippen LogP contribution in [-0.4, -0.2) is 10.7 Å². The highest BCUT2D eigenvalue weighted by atomic mass is 16.5. The number of nitrogens with zero attached hydrogens (tertiary/aromatic N) is 2. The number of benzene rings is 1. The third kappa shape index (κ3) is 3.32. The maximum atomic E-state index is 12.2. The molecule has 0 aliphatic heterocycles. The number of hydrogen-bond donors (Lipinski definition) is 0. The van der Waals surface area contributed by atoms with E-state index in [1.807, 2.05) is 50.2 Å². The standard InChI is InChI=1S/C17H18N2O2/c1-12(2)21-15-7-4-13(5-8-15)16-9-6-14(10-11-18)17(20)19(16)3/h4-9,12H,10H2,1-3H3. The molecule has 0 unspecified atom stereocenters. The Bertz CT molecular complexity index is 722. The van der Waals surface area contributed by atoms with E-state index < -0.39 is 0 Å². The summed E-state index contributed by atoms with van der Waals surface area (Å²) in [7, 11) is 1.72. The van der Waals surface area contributed by atoms with Crippen molar-refractivity contribution in [2.24, 2.45) is 7.05 Å². The second-order valence-corrected chi connectivity index (χ2v) is 5.13. The number of ether oxygens (including phenoxy) is 1. The molecule has 0 saturated carbocycles. The third-order valence-electron chi connectivity index (χ3n) is 3.17. The van der Waals surface area contributed by atoms with Crippen LogP contribution in [0, 0.1) is 11.3 Å². The summed E-state index contributed by atoms with van der Waals surface area (Å²) in [5.74, 6) is 0.805. The molecule has 108 valence electrons. The lowest BCUT2D eigenvalue weighted by atomic mass is 10.1. The Hall–Kier alpha value is -2.54. The number of nitriles is 1. The van der Waals surface area contributed by atoms with Crippen LogP contribution in [0.15, 0.2) is 41.2 Å². The van der Waals surface area contributed by atoms with Crippen molar-refractivity contribution in [1.29, 1.82) is 5.26 Å². The van der Waals surface area contributed by atoms with Crippen molar-refractivity contribution in [3.63, 3.8) is 0 Å². The fourth-order valence-corrected chi connectivity index (χ4v) is 2.17. The second-order valence-electron chi connectivity index (χ2n) is 5.13. The first-order valence-electron chi connectivity index (χ1n) is 6.86. The molecule has 0 amide bonds. The Labute approximate surface area is 124 Å². The average Bonchev–Trinajstić information content (AvgIpc) is 2.45. The Kier molecular flexibility index (Phi) is 4.44. The van der Waals surface area contributed by atoms with Crippen LogP contribution < -0.4 is 10.3 Å². The van der Waals surface area contributed by atoms with Gasteiger partial charge in [-0.1, -0.05) is 6.07 Å². The molecule has 0 aliphatic carbocycles. The largest absolute Gasteiger partial charge is 0.491 e. The van der Waals surface area contributed by atoms with Gasteiger partial charge in [-0.2, -0.15) is 5.26 Å². The molecule has 2 rings (SSSR count). The Morgan fingerprint density at radius 2 is 1.86 bits per heavy atom. The van der Waals surface area contributed by atoms with Crippen LogP contribution in [-0.2, 0) is 13.5 Å². The van der Waals surface area contributed by atoms with Gasteiger partial charge in [-0.15, -0.1) is 0 Å². The molecular weight excluding hydrogens is 264 g/mol. The summed E-state index contributed by atoms with van der Waals surface area (Å²) in [5.41, 5.74) is 2.15. The minimum Gasteiger partial charge on any atom is -0.491 e. The van der Waals surface area contributed by atoms with E-state index in [4.69, 9.17) is 10.00 Å². The van der Waals surface area contributed by atoms with Crippen molar-refractivity contribution in [3.05, 3.63) is 52.3 Å². The molecular formula is C17H18N2O2. The van der Waals surface area contributed by atoms with Gasteiger partial charge in [0.15, 0.2) is 0 Å². The van der Waals surface area contributed by atoms with Gasteiger partial charge in [0.1, 0.15) is 5.75 Å². The average molecular weight is 282 g/mol. The number of rotatable bonds is 4. The Balaban J connectivity index is 2.37. The van der Waals surface area contributed by atoms with E-state index in [1.165, 1.54) is 0 Å². The molecule has 0 spiro atoms. The summed E-state index contributed by atoms with van der Waals surface area (Å²) < 4.78 is 7.18. The van der Waals surface area contributed by atoms with Gasteiger partial charge < -0.3 is 9.30 Å². The first-order valence-corrected chi connectivity index (χ1v) is 6.86. The smallest absolute Gasteiger partial charge is 0.255 e. The van der Waals surface area contributed by atoms with Crippen molar-refractivity contribution < 1.29 is 4.74 Å². The fraction of sp³-hybridized carbons (Fsp3) is 0.294. The molecule has 4 heteroatoms. The Morgan fingerprint density at radius 1 is 1.19 bits per heavy atom. The van der Waals surface area contributed by atoms with Crippen molar-refractivity contribution >= 4 is 0 Å². The van der Waals surface area contributed by atoms with Crippen LogP contribution >= 0.6 is 0 Å². The van der Waals surface area contributed by atoms with Crippen LogP contribution in [0.4, 0.5) is 0 Å². The maximum Gasteiger partial charge on any atom is 0.255 e. The molecule has 0 saturated heterocycles. The van der Waals surface area contributed by atoms with E-state index in [0.29, 0.717) is 5.56 Å². The van der Waals surface area contributed by atoms with Gasteiger partial charge in [-0.25, -0.2) is 0 Å². The summed E-state index contributed by atoms with van der Waals surface area (Å²) >= 11 is 0. The first kappa shape index (κ1) is 14.9. The summed E-state index contributed by atoms with van der Waals surface area (Å²) in [5, 5.41) is 8.71. The summed E-state index contributed by atoms with van der Waals surface area (Å²) in [6.45, 7) is 3.96. The van der Waals surface area contributed by atoms with E-state index in [9.17, 15) is 4.79 Å². The van der Waals surface area contributed by atoms with Gasteiger partial charge in [0.25, 0.3) is 5.56 Å². The van der Waals surface area contributed by atoms with Gasteiger partial charge in [0.05, 0.1) is 24.3 Å². The molecule has 4 nitrogen and oxygen atoms in total. The van der Waals surface area contributed by atoms with Crippen molar-refractivity contribution in [2.75, 3.05) is 0 Å². The molecule has 1 aromatic carbocycles. The lowest BCUT2D eigenvalue weighted by Gasteiger charge is -2.12. The minimum absolute atomic E-state index is 0.128. The van der Waals surface area contributed by atoms with E-state index in [1.54, 1.807) is 17.7 Å². The van der Waals surface area contributed by atoms with Gasteiger partial charge in [0.2, 0.25) is 0 Å². The fourth-order valence-electron chi connectivity index (χ4n) is 2.17. The van der Waals surface area contributed by atoms with Crippen LogP contribution in [0.5, 0.6) is 5.75 Å². The van der Waals surface area contributed by atoms with Crippen molar-refractivity contribution in [2.45, 2.75) is 26.4 Å². The highest BCUT2D eigenvalue weighted by Crippen LogP contribution is 2.22. The van der Waals surface area contributed by atoms with Gasteiger partial charge >= 0.3 is 0 Å². The van der Waals surface area contributed by atoms with Crippen molar-refractivity contribution in [1.82, 2.24) is 4.57 Å². The molecule has 0 aliphatic rings. The maximum absolute atomic E-state index is 12.2. The predicted octanol–water partition coefficient (Wildman–Crippen LogP) is 2.91. The van der Waals surface area contributed by atoms with Crippen LogP contribution in [0.25, 0.3) is 11.3 Å². The molecule has 21 heavy (non-hydrogen) atoms. The summed E-state index contributed by atoms with van der Waals surface area (Å²) in [4.78, 5) is 12.2. The zero-order valence-corrected chi connectivity index (χ0v) is 12.5. The topological polar surface area (TPSA) is 55.0 Å². The van der Waals surface area contributed by atoms with Crippen molar-refractivity contribution in [3.8, 4) is 23.1 Å². The second kappa shape index (κ2) is 6.27. The number of aromatic nitrogens is 1. The molecule has 2 aromatic rings. The molecule has 0 bridgehead atoms. The predicted molar refractivity (Wildman–Crippen MR) is 82.2 cm³/mol. The van der Waals surface area contributed by atoms with E-state index in [-0.39, 0.29) is 18.1 Å². The van der Waals surface area contributed by atoms with E-state index in [0.717, 1.165) is 17.0 Å². The first-order chi connectivity index (χ1) is 10.0. The molecule has 0 N–H and O–H groups in total. The normalized spacial score (nSPS) is 10.4.